The Morgan fingerprint density at radius 1 is 1.20 bits per heavy atom. The van der Waals surface area contributed by atoms with E-state index in [2.05, 4.69) is 38.8 Å². The van der Waals surface area contributed by atoms with Crippen LogP contribution in [0.25, 0.3) is 16.5 Å². The van der Waals surface area contributed by atoms with E-state index in [1.807, 2.05) is 61.5 Å². The molecule has 0 aliphatic carbocycles. The molecule has 10 heteroatoms. The van der Waals surface area contributed by atoms with E-state index in [4.69, 9.17) is 5.73 Å². The molecule has 40 heavy (non-hydrogen) atoms. The van der Waals surface area contributed by atoms with E-state index in [-0.39, 0.29) is 16.9 Å². The number of aliphatic imine (C=N–C) groups is 1. The molecule has 0 radical (unpaired) electrons. The van der Waals surface area contributed by atoms with Crippen molar-refractivity contribution in [3.05, 3.63) is 111 Å². The number of thiazole rings is 1. The summed E-state index contributed by atoms with van der Waals surface area (Å²) in [5.41, 5.74) is 9.53. The van der Waals surface area contributed by atoms with Gasteiger partial charge in [0.1, 0.15) is 5.56 Å². The second-order valence-electron chi connectivity index (χ2n) is 8.85. The summed E-state index contributed by atoms with van der Waals surface area (Å²) in [5, 5.41) is 8.32. The Kier molecular flexibility index (Phi) is 7.39. The monoisotopic (exact) mass is 547 g/mol. The van der Waals surface area contributed by atoms with E-state index >= 15 is 0 Å². The molecule has 0 aliphatic rings. The molecule has 1 atom stereocenters. The number of nitrogens with zero attached hydrogens (tertiary/aromatic N) is 5. The fourth-order valence-corrected chi connectivity index (χ4v) is 4.89. The lowest BCUT2D eigenvalue weighted by atomic mass is 10.0. The minimum atomic E-state index is -0.590. The third kappa shape index (κ3) is 5.06. The van der Waals surface area contributed by atoms with Crippen LogP contribution in [0, 0.1) is 11.8 Å². The summed E-state index contributed by atoms with van der Waals surface area (Å²) >= 11 is 1.43. The standard InChI is InChI=1S/C30H25N7O2S/c1-4-15-33-28-26(27(31)35-36(28)3)29(38)34-19(2)24-16-21-10-8-9-20(13-14-23-17-32-18-40-23)25(21)30(39)37(24)22-11-6-5-7-12-22/h4-12,15-19H,1H2,2-3H3,(H2,31,35)(H,34,38)/b33-15-. The van der Waals surface area contributed by atoms with Crippen LogP contribution < -0.4 is 16.6 Å². The normalized spacial score (nSPS) is 11.8. The lowest BCUT2D eigenvalue weighted by Gasteiger charge is -2.21. The Hall–Kier alpha value is -5.27. The number of hydrogen-bond donors (Lipinski definition) is 2. The number of benzene rings is 2. The first-order valence-electron chi connectivity index (χ1n) is 12.3. The summed E-state index contributed by atoms with van der Waals surface area (Å²) in [6, 6.07) is 16.1. The Bertz CT molecular complexity index is 1870. The van der Waals surface area contributed by atoms with E-state index in [1.54, 1.807) is 23.3 Å². The van der Waals surface area contributed by atoms with Gasteiger partial charge in [-0.1, -0.05) is 48.9 Å². The number of allylic oxidation sites excluding steroid dienone is 1. The number of anilines is 1. The average molecular weight is 548 g/mol. The highest BCUT2D eigenvalue weighted by atomic mass is 32.1. The Morgan fingerprint density at radius 3 is 2.73 bits per heavy atom. The van der Waals surface area contributed by atoms with E-state index in [1.165, 1.54) is 28.3 Å². The van der Waals surface area contributed by atoms with Gasteiger partial charge in [-0.25, -0.2) is 9.67 Å². The minimum Gasteiger partial charge on any atom is -0.381 e. The molecule has 1 amide bonds. The molecule has 9 nitrogen and oxygen atoms in total. The molecule has 0 saturated heterocycles. The molecule has 198 valence electrons. The number of carbonyl (C=O) groups excluding carboxylic acids is 1. The van der Waals surface area contributed by atoms with Crippen LogP contribution in [0.15, 0.2) is 88.7 Å². The number of nitrogens with two attached hydrogens (primary N) is 1. The SMILES string of the molecule is C=C/C=N\c1c(C(=O)NC(C)c2cc3cccc(C#Cc4cncs4)c3c(=O)n2-c2ccccc2)c(N)nn1C. The van der Waals surface area contributed by atoms with Crippen molar-refractivity contribution < 1.29 is 4.79 Å². The van der Waals surface area contributed by atoms with E-state index in [9.17, 15) is 9.59 Å². The van der Waals surface area contributed by atoms with Crippen LogP contribution >= 0.6 is 11.3 Å². The number of carbonyl (C=O) groups is 1. The Labute approximate surface area is 234 Å². The number of amides is 1. The van der Waals surface area contributed by atoms with Crippen LogP contribution in [0.1, 0.15) is 39.5 Å². The first kappa shape index (κ1) is 26.3. The van der Waals surface area contributed by atoms with Gasteiger partial charge in [-0.2, -0.15) is 5.10 Å². The number of para-hydroxylation sites is 1. The molecule has 3 N–H and O–H groups in total. The predicted octanol–water partition coefficient (Wildman–Crippen LogP) is 4.54. The maximum Gasteiger partial charge on any atom is 0.264 e. The van der Waals surface area contributed by atoms with Gasteiger partial charge in [0.25, 0.3) is 11.5 Å². The van der Waals surface area contributed by atoms with Gasteiger partial charge < -0.3 is 11.1 Å². The van der Waals surface area contributed by atoms with Crippen molar-refractivity contribution in [2.75, 3.05) is 5.73 Å². The first-order valence-corrected chi connectivity index (χ1v) is 13.2. The minimum absolute atomic E-state index is 0.0477. The number of nitrogen functional groups attached to an aromatic ring is 1. The molecular weight excluding hydrogens is 522 g/mol. The summed E-state index contributed by atoms with van der Waals surface area (Å²) in [6.45, 7) is 5.43. The second-order valence-corrected chi connectivity index (χ2v) is 9.73. The quantitative estimate of drug-likeness (QED) is 0.239. The van der Waals surface area contributed by atoms with Gasteiger partial charge in [0.2, 0.25) is 0 Å². The third-order valence-electron chi connectivity index (χ3n) is 6.21. The molecule has 0 spiro atoms. The number of rotatable bonds is 6. The van der Waals surface area contributed by atoms with Gasteiger partial charge in [-0.15, -0.1) is 11.3 Å². The molecular formula is C30H25N7O2S. The Morgan fingerprint density at radius 2 is 2.00 bits per heavy atom. The number of hydrogen-bond acceptors (Lipinski definition) is 7. The summed E-state index contributed by atoms with van der Waals surface area (Å²) in [7, 11) is 1.65. The highest BCUT2D eigenvalue weighted by Crippen LogP contribution is 2.27. The smallest absolute Gasteiger partial charge is 0.264 e. The predicted molar refractivity (Wildman–Crippen MR) is 159 cm³/mol. The third-order valence-corrected chi connectivity index (χ3v) is 6.90. The largest absolute Gasteiger partial charge is 0.381 e. The fourth-order valence-electron chi connectivity index (χ4n) is 4.42. The molecule has 2 aromatic carbocycles. The van der Waals surface area contributed by atoms with Crippen molar-refractivity contribution in [3.63, 3.8) is 0 Å². The fraction of sp³-hybridized carbons (Fsp3) is 0.100. The molecule has 5 rings (SSSR count). The van der Waals surface area contributed by atoms with Crippen molar-refractivity contribution in [2.24, 2.45) is 12.0 Å². The Balaban J connectivity index is 1.63. The maximum atomic E-state index is 14.1. The number of pyridine rings is 1. The molecule has 0 bridgehead atoms. The zero-order valence-electron chi connectivity index (χ0n) is 21.8. The summed E-state index contributed by atoms with van der Waals surface area (Å²) < 4.78 is 3.04. The molecule has 0 aliphatic heterocycles. The molecule has 1 unspecified atom stereocenters. The number of fused-ring (bicyclic) bond motifs is 1. The molecule has 5 aromatic rings. The lowest BCUT2D eigenvalue weighted by Crippen LogP contribution is -2.32. The zero-order chi connectivity index (χ0) is 28.2. The van der Waals surface area contributed by atoms with Crippen molar-refractivity contribution in [1.82, 2.24) is 24.6 Å². The molecule has 0 saturated carbocycles. The number of nitrogens with one attached hydrogen (secondary N) is 1. The van der Waals surface area contributed by atoms with Gasteiger partial charge in [0, 0.05) is 30.2 Å². The lowest BCUT2D eigenvalue weighted by molar-refractivity contribution is 0.0940. The van der Waals surface area contributed by atoms with Gasteiger partial charge in [0.15, 0.2) is 11.6 Å². The van der Waals surface area contributed by atoms with Crippen LogP contribution in [0.5, 0.6) is 0 Å². The number of aryl methyl sites for hydroxylation is 1. The molecule has 0 fully saturated rings. The average Bonchev–Trinajstić information content (AvgIpc) is 3.57. The van der Waals surface area contributed by atoms with Crippen LogP contribution in [0.4, 0.5) is 11.6 Å². The van der Waals surface area contributed by atoms with Crippen LogP contribution in [-0.4, -0.2) is 31.5 Å². The topological polar surface area (TPSA) is 120 Å². The zero-order valence-corrected chi connectivity index (χ0v) is 22.6. The summed E-state index contributed by atoms with van der Waals surface area (Å²) in [5.74, 6) is 6.11. The van der Waals surface area contributed by atoms with E-state index in [0.29, 0.717) is 33.5 Å². The van der Waals surface area contributed by atoms with Crippen molar-refractivity contribution in [3.8, 4) is 17.5 Å². The number of aromatic nitrogens is 4. The van der Waals surface area contributed by atoms with Gasteiger partial charge in [0.05, 0.1) is 28.0 Å². The molecule has 3 aromatic heterocycles. The second kappa shape index (κ2) is 11.2. The van der Waals surface area contributed by atoms with E-state index < -0.39 is 11.9 Å². The van der Waals surface area contributed by atoms with Crippen molar-refractivity contribution in [2.45, 2.75) is 13.0 Å². The highest BCUT2D eigenvalue weighted by molar-refractivity contribution is 7.10. The summed E-state index contributed by atoms with van der Waals surface area (Å²) in [4.78, 5) is 36.7. The van der Waals surface area contributed by atoms with Crippen molar-refractivity contribution >= 4 is 45.9 Å². The van der Waals surface area contributed by atoms with Crippen molar-refractivity contribution in [1.29, 1.82) is 0 Å². The van der Waals surface area contributed by atoms with Gasteiger partial charge >= 0.3 is 0 Å². The van der Waals surface area contributed by atoms with Crippen LogP contribution in [0.2, 0.25) is 0 Å². The highest BCUT2D eigenvalue weighted by Gasteiger charge is 2.24. The van der Waals surface area contributed by atoms with Crippen LogP contribution in [0.3, 0.4) is 0 Å². The first-order chi connectivity index (χ1) is 19.4. The van der Waals surface area contributed by atoms with Gasteiger partial charge in [-0.05, 0) is 42.5 Å². The molecule has 3 heterocycles. The van der Waals surface area contributed by atoms with Gasteiger partial charge in [-0.3, -0.25) is 19.1 Å². The van der Waals surface area contributed by atoms with Crippen LogP contribution in [-0.2, 0) is 7.05 Å². The summed E-state index contributed by atoms with van der Waals surface area (Å²) in [6.07, 6.45) is 4.65. The maximum absolute atomic E-state index is 14.1. The van der Waals surface area contributed by atoms with E-state index in [0.717, 1.165) is 4.88 Å².